The van der Waals surface area contributed by atoms with Gasteiger partial charge in [0.2, 0.25) is 6.41 Å². The van der Waals surface area contributed by atoms with Crippen LogP contribution in [0.25, 0.3) is 22.2 Å². The molecule has 2 atom stereocenters. The van der Waals surface area contributed by atoms with Gasteiger partial charge in [-0.25, -0.2) is 15.9 Å². The predicted molar refractivity (Wildman–Crippen MR) is 139 cm³/mol. The number of nitrogens with zero attached hydrogens (tertiary/aromatic N) is 4. The van der Waals surface area contributed by atoms with Gasteiger partial charge in [-0.2, -0.15) is 0 Å². The van der Waals surface area contributed by atoms with Crippen molar-refractivity contribution in [3.63, 3.8) is 0 Å². The molecule has 0 radical (unpaired) electrons. The number of benzene rings is 1. The maximum absolute atomic E-state index is 12.6. The fourth-order valence-electron chi connectivity index (χ4n) is 3.88. The summed E-state index contributed by atoms with van der Waals surface area (Å²) in [6.45, 7) is 5.62. The SMILES string of the molecule is CCC(C(=O)N(O)C(C)CC#Cc1ccc(-c2cc(C(=O)NN)c3cnccc3n2)cc1)N(C=O)CC. The van der Waals surface area contributed by atoms with E-state index in [-0.39, 0.29) is 6.42 Å². The van der Waals surface area contributed by atoms with E-state index in [0.29, 0.717) is 46.6 Å². The van der Waals surface area contributed by atoms with Crippen LogP contribution in [0.4, 0.5) is 0 Å². The molecule has 192 valence electrons. The summed E-state index contributed by atoms with van der Waals surface area (Å²) < 4.78 is 0. The number of nitrogen functional groups attached to an aromatic ring is 1. The van der Waals surface area contributed by atoms with E-state index < -0.39 is 23.9 Å². The minimum absolute atomic E-state index is 0.242. The van der Waals surface area contributed by atoms with E-state index in [1.54, 1.807) is 45.3 Å². The summed E-state index contributed by atoms with van der Waals surface area (Å²) in [6, 6.07) is 9.46. The summed E-state index contributed by atoms with van der Waals surface area (Å²) in [4.78, 5) is 46.2. The minimum Gasteiger partial charge on any atom is -0.333 e. The van der Waals surface area contributed by atoms with Crippen molar-refractivity contribution in [3.8, 4) is 23.1 Å². The maximum atomic E-state index is 12.6. The summed E-state index contributed by atoms with van der Waals surface area (Å²) >= 11 is 0. The molecule has 0 bridgehead atoms. The van der Waals surface area contributed by atoms with Gasteiger partial charge in [-0.15, -0.1) is 0 Å². The molecular weight excluding hydrogens is 472 g/mol. The molecule has 37 heavy (non-hydrogen) atoms. The molecule has 0 fully saturated rings. The zero-order valence-electron chi connectivity index (χ0n) is 21.0. The molecule has 10 nitrogen and oxygen atoms in total. The van der Waals surface area contributed by atoms with Crippen LogP contribution in [0.3, 0.4) is 0 Å². The quantitative estimate of drug-likeness (QED) is 0.102. The summed E-state index contributed by atoms with van der Waals surface area (Å²) in [5, 5.41) is 11.6. The number of rotatable bonds is 9. The molecule has 3 aromatic rings. The highest BCUT2D eigenvalue weighted by Crippen LogP contribution is 2.24. The summed E-state index contributed by atoms with van der Waals surface area (Å²) in [5.74, 6) is 10.4. The molecule has 2 heterocycles. The monoisotopic (exact) mass is 502 g/mol. The van der Waals surface area contributed by atoms with Crippen LogP contribution in [0.5, 0.6) is 0 Å². The first-order valence-electron chi connectivity index (χ1n) is 11.9. The highest BCUT2D eigenvalue weighted by atomic mass is 16.5. The Balaban J connectivity index is 1.73. The Bertz CT molecular complexity index is 1330. The Labute approximate surface area is 215 Å². The van der Waals surface area contributed by atoms with E-state index in [4.69, 9.17) is 5.84 Å². The average molecular weight is 503 g/mol. The maximum Gasteiger partial charge on any atom is 0.268 e. The molecule has 0 aliphatic carbocycles. The van der Waals surface area contributed by atoms with Gasteiger partial charge in [0.05, 0.1) is 22.8 Å². The van der Waals surface area contributed by atoms with Gasteiger partial charge in [0.15, 0.2) is 0 Å². The Hall–Kier alpha value is -4.33. The van der Waals surface area contributed by atoms with Crippen LogP contribution in [-0.2, 0) is 9.59 Å². The number of carbonyl (C=O) groups excluding carboxylic acids is 3. The number of nitrogens with two attached hydrogens (primary N) is 1. The van der Waals surface area contributed by atoms with E-state index in [1.165, 1.54) is 4.90 Å². The molecular formula is C27H30N6O4. The molecule has 2 aromatic heterocycles. The molecule has 0 saturated carbocycles. The number of carbonyl (C=O) groups is 3. The van der Waals surface area contributed by atoms with Gasteiger partial charge in [0.1, 0.15) is 6.04 Å². The van der Waals surface area contributed by atoms with E-state index in [1.807, 2.05) is 24.3 Å². The fraction of sp³-hybridized carbons (Fsp3) is 0.296. The molecule has 1 aromatic carbocycles. The summed E-state index contributed by atoms with van der Waals surface area (Å²) in [5.41, 5.74) is 5.27. The zero-order chi connectivity index (χ0) is 26.9. The van der Waals surface area contributed by atoms with Crippen LogP contribution < -0.4 is 11.3 Å². The number of nitrogens with one attached hydrogen (secondary N) is 1. The first-order chi connectivity index (χ1) is 17.8. The molecule has 0 saturated heterocycles. The van der Waals surface area contributed by atoms with Crippen molar-refractivity contribution < 1.29 is 19.6 Å². The van der Waals surface area contributed by atoms with Gasteiger partial charge in [0.25, 0.3) is 11.8 Å². The van der Waals surface area contributed by atoms with Crippen molar-refractivity contribution in [2.45, 2.75) is 45.7 Å². The Kier molecular flexibility index (Phi) is 9.27. The third-order valence-electron chi connectivity index (χ3n) is 6.01. The molecule has 2 unspecified atom stereocenters. The molecule has 3 amide bonds. The number of hydroxylamine groups is 2. The van der Waals surface area contributed by atoms with Crippen LogP contribution in [0.1, 0.15) is 49.5 Å². The second-order valence-corrected chi connectivity index (χ2v) is 8.40. The highest BCUT2D eigenvalue weighted by Gasteiger charge is 2.28. The predicted octanol–water partition coefficient (Wildman–Crippen LogP) is 2.51. The van der Waals surface area contributed by atoms with E-state index in [0.717, 1.165) is 11.1 Å². The largest absolute Gasteiger partial charge is 0.333 e. The second kappa shape index (κ2) is 12.6. The number of hydrogen-bond donors (Lipinski definition) is 3. The van der Waals surface area contributed by atoms with Crippen LogP contribution in [0, 0.1) is 11.8 Å². The van der Waals surface area contributed by atoms with Crippen molar-refractivity contribution in [2.24, 2.45) is 5.84 Å². The Morgan fingerprint density at radius 1 is 1.22 bits per heavy atom. The lowest BCUT2D eigenvalue weighted by Crippen LogP contribution is -2.49. The molecule has 4 N–H and O–H groups in total. The summed E-state index contributed by atoms with van der Waals surface area (Å²) in [7, 11) is 0. The van der Waals surface area contributed by atoms with Crippen molar-refractivity contribution in [1.29, 1.82) is 0 Å². The topological polar surface area (TPSA) is 142 Å². The van der Waals surface area contributed by atoms with Gasteiger partial charge in [-0.3, -0.25) is 30.0 Å². The number of aromatic nitrogens is 2. The first-order valence-corrected chi connectivity index (χ1v) is 11.9. The smallest absolute Gasteiger partial charge is 0.268 e. The summed E-state index contributed by atoms with van der Waals surface area (Å²) in [6.07, 6.45) is 4.43. The second-order valence-electron chi connectivity index (χ2n) is 8.40. The van der Waals surface area contributed by atoms with E-state index >= 15 is 0 Å². The number of likely N-dealkylation sites (N-methyl/N-ethyl adjacent to an activating group) is 1. The molecule has 0 spiro atoms. The average Bonchev–Trinajstić information content (AvgIpc) is 2.94. The lowest BCUT2D eigenvalue weighted by molar-refractivity contribution is -0.180. The van der Waals surface area contributed by atoms with Crippen LogP contribution >= 0.6 is 0 Å². The van der Waals surface area contributed by atoms with E-state index in [9.17, 15) is 19.6 Å². The van der Waals surface area contributed by atoms with Crippen molar-refractivity contribution >= 4 is 29.1 Å². The standard InChI is InChI=1S/C27H30N6O4/c1-4-25(32(5-2)17-34)27(36)33(37)18(3)7-6-8-19-9-11-20(12-10-19)24-15-21(26(35)31-28)22-16-29-14-13-23(22)30-24/h9-18,25,37H,4-5,7,28H2,1-3H3,(H,31,35). The Morgan fingerprint density at radius 3 is 2.57 bits per heavy atom. The number of hydrazine groups is 1. The van der Waals surface area contributed by atoms with Crippen molar-refractivity contribution in [1.82, 2.24) is 25.4 Å². The van der Waals surface area contributed by atoms with E-state index in [2.05, 4.69) is 27.2 Å². The lowest BCUT2D eigenvalue weighted by Gasteiger charge is -2.30. The van der Waals surface area contributed by atoms with Gasteiger partial charge >= 0.3 is 0 Å². The molecule has 3 rings (SSSR count). The van der Waals surface area contributed by atoms with Crippen molar-refractivity contribution in [2.75, 3.05) is 6.54 Å². The normalized spacial score (nSPS) is 12.1. The molecule has 10 heteroatoms. The number of pyridine rings is 2. The highest BCUT2D eigenvalue weighted by molar-refractivity contribution is 6.06. The number of amides is 3. The van der Waals surface area contributed by atoms with Gasteiger partial charge in [-0.05, 0) is 44.5 Å². The van der Waals surface area contributed by atoms with Gasteiger partial charge in [0, 0.05) is 41.9 Å². The van der Waals surface area contributed by atoms with Crippen LogP contribution in [0.15, 0.2) is 48.8 Å². The third kappa shape index (κ3) is 6.27. The van der Waals surface area contributed by atoms with Gasteiger partial charge in [-0.1, -0.05) is 30.9 Å². The fourth-order valence-corrected chi connectivity index (χ4v) is 3.88. The van der Waals surface area contributed by atoms with Crippen LogP contribution in [0.2, 0.25) is 0 Å². The number of hydrogen-bond acceptors (Lipinski definition) is 7. The molecule has 0 aliphatic heterocycles. The van der Waals surface area contributed by atoms with Gasteiger partial charge < -0.3 is 4.90 Å². The lowest BCUT2D eigenvalue weighted by atomic mass is 10.0. The number of fused-ring (bicyclic) bond motifs is 1. The third-order valence-corrected chi connectivity index (χ3v) is 6.01. The zero-order valence-corrected chi connectivity index (χ0v) is 21.0. The minimum atomic E-state index is -0.716. The Morgan fingerprint density at radius 2 is 1.95 bits per heavy atom. The molecule has 0 aliphatic rings. The van der Waals surface area contributed by atoms with Crippen molar-refractivity contribution in [3.05, 3.63) is 59.9 Å². The van der Waals surface area contributed by atoms with Crippen LogP contribution in [-0.4, -0.2) is 62.0 Å². The first kappa shape index (κ1) is 27.3.